The first-order valence-electron chi connectivity index (χ1n) is 5.85. The number of amides is 1. The number of carbonyl (C=O) groups excluding carboxylic acids is 1. The molecule has 0 bridgehead atoms. The maximum Gasteiger partial charge on any atom is 0.241 e. The molecule has 1 N–H and O–H groups in total. The van der Waals surface area contributed by atoms with Crippen LogP contribution in [0, 0.1) is 6.92 Å². The third kappa shape index (κ3) is 2.87. The zero-order valence-electron chi connectivity index (χ0n) is 10.2. The second-order valence-corrected chi connectivity index (χ2v) is 5.45. The van der Waals surface area contributed by atoms with Crippen LogP contribution >= 0.6 is 15.9 Å². The third-order valence-electron chi connectivity index (χ3n) is 3.25. The van der Waals surface area contributed by atoms with Gasteiger partial charge < -0.3 is 5.32 Å². The summed E-state index contributed by atoms with van der Waals surface area (Å²) < 4.78 is 1.06. The highest BCUT2D eigenvalue weighted by molar-refractivity contribution is 9.10. The Morgan fingerprint density at radius 1 is 1.53 bits per heavy atom. The van der Waals surface area contributed by atoms with E-state index in [0.29, 0.717) is 0 Å². The van der Waals surface area contributed by atoms with Gasteiger partial charge in [-0.1, -0.05) is 15.9 Å². The number of halogens is 1. The molecule has 0 spiro atoms. The number of benzene rings is 1. The van der Waals surface area contributed by atoms with Gasteiger partial charge in [0.05, 0.1) is 6.04 Å². The standard InChI is InChI=1S/C13H17BrN2O/c1-9-8-10(5-6-11(9)14)15-13(17)12-4-3-7-16(12)2/h5-6,8,12H,3-4,7H2,1-2H3,(H,15,17). The maximum absolute atomic E-state index is 12.1. The molecule has 0 radical (unpaired) electrons. The molecule has 1 aliphatic rings. The molecule has 1 atom stereocenters. The number of rotatable bonds is 2. The molecule has 92 valence electrons. The Balaban J connectivity index is 2.05. The van der Waals surface area contributed by atoms with E-state index >= 15 is 0 Å². The van der Waals surface area contributed by atoms with Crippen molar-refractivity contribution in [3.63, 3.8) is 0 Å². The van der Waals surface area contributed by atoms with Crippen LogP contribution in [0.4, 0.5) is 5.69 Å². The Kier molecular flexibility index (Phi) is 3.84. The number of carbonyl (C=O) groups is 1. The lowest BCUT2D eigenvalue weighted by Gasteiger charge is -2.18. The van der Waals surface area contributed by atoms with Gasteiger partial charge in [-0.3, -0.25) is 9.69 Å². The molecule has 2 rings (SSSR count). The summed E-state index contributed by atoms with van der Waals surface area (Å²) in [5, 5.41) is 2.98. The van der Waals surface area contributed by atoms with Crippen LogP contribution in [0.2, 0.25) is 0 Å². The molecule has 1 fully saturated rings. The van der Waals surface area contributed by atoms with Gasteiger partial charge in [-0.25, -0.2) is 0 Å². The average Bonchev–Trinajstić information content (AvgIpc) is 2.70. The molecule has 4 heteroatoms. The fraction of sp³-hybridized carbons (Fsp3) is 0.462. The van der Waals surface area contributed by atoms with E-state index in [2.05, 4.69) is 26.1 Å². The summed E-state index contributed by atoms with van der Waals surface area (Å²) in [6, 6.07) is 5.89. The molecule has 1 aromatic rings. The van der Waals surface area contributed by atoms with E-state index in [9.17, 15) is 4.79 Å². The molecule has 1 unspecified atom stereocenters. The van der Waals surface area contributed by atoms with Crippen molar-refractivity contribution < 1.29 is 4.79 Å². The van der Waals surface area contributed by atoms with Crippen molar-refractivity contribution >= 4 is 27.5 Å². The van der Waals surface area contributed by atoms with Crippen molar-refractivity contribution in [3.8, 4) is 0 Å². The highest BCUT2D eigenvalue weighted by atomic mass is 79.9. The summed E-state index contributed by atoms with van der Waals surface area (Å²) in [5.41, 5.74) is 2.00. The van der Waals surface area contributed by atoms with Gasteiger partial charge in [0, 0.05) is 10.2 Å². The number of likely N-dealkylation sites (N-methyl/N-ethyl adjacent to an activating group) is 1. The minimum absolute atomic E-state index is 0.0268. The molecule has 1 aromatic carbocycles. The van der Waals surface area contributed by atoms with Crippen molar-refractivity contribution in [1.82, 2.24) is 4.90 Å². The van der Waals surface area contributed by atoms with Crippen molar-refractivity contribution in [2.45, 2.75) is 25.8 Å². The van der Waals surface area contributed by atoms with Crippen LogP contribution in [-0.2, 0) is 4.79 Å². The van der Waals surface area contributed by atoms with Crippen LogP contribution in [0.1, 0.15) is 18.4 Å². The predicted octanol–water partition coefficient (Wildman–Crippen LogP) is 2.79. The largest absolute Gasteiger partial charge is 0.325 e. The first kappa shape index (κ1) is 12.6. The van der Waals surface area contributed by atoms with Crippen LogP contribution in [0.5, 0.6) is 0 Å². The van der Waals surface area contributed by atoms with E-state index < -0.39 is 0 Å². The minimum atomic E-state index is 0.0268. The summed E-state index contributed by atoms with van der Waals surface area (Å²) in [5.74, 6) is 0.103. The molecule has 1 aliphatic heterocycles. The van der Waals surface area contributed by atoms with E-state index in [-0.39, 0.29) is 11.9 Å². The Labute approximate surface area is 110 Å². The summed E-state index contributed by atoms with van der Waals surface area (Å²) >= 11 is 3.45. The van der Waals surface area contributed by atoms with Gasteiger partial charge in [-0.2, -0.15) is 0 Å². The second-order valence-electron chi connectivity index (χ2n) is 4.59. The highest BCUT2D eigenvalue weighted by Crippen LogP contribution is 2.21. The van der Waals surface area contributed by atoms with E-state index in [1.165, 1.54) is 0 Å². The first-order chi connectivity index (χ1) is 8.08. The normalized spacial score (nSPS) is 20.5. The van der Waals surface area contributed by atoms with E-state index in [0.717, 1.165) is 35.1 Å². The summed E-state index contributed by atoms with van der Waals surface area (Å²) in [6.07, 6.45) is 2.06. The molecule has 0 saturated carbocycles. The van der Waals surface area contributed by atoms with Crippen molar-refractivity contribution in [2.24, 2.45) is 0 Å². The number of nitrogens with zero attached hydrogens (tertiary/aromatic N) is 1. The topological polar surface area (TPSA) is 32.3 Å². The number of nitrogens with one attached hydrogen (secondary N) is 1. The molecule has 3 nitrogen and oxygen atoms in total. The zero-order chi connectivity index (χ0) is 12.4. The number of likely N-dealkylation sites (tertiary alicyclic amines) is 1. The van der Waals surface area contributed by atoms with E-state index in [1.807, 2.05) is 32.2 Å². The molecule has 1 heterocycles. The van der Waals surface area contributed by atoms with Gasteiger partial charge in [0.15, 0.2) is 0 Å². The lowest BCUT2D eigenvalue weighted by molar-refractivity contribution is -0.119. The predicted molar refractivity (Wildman–Crippen MR) is 73.2 cm³/mol. The van der Waals surface area contributed by atoms with Gasteiger partial charge in [0.1, 0.15) is 0 Å². The minimum Gasteiger partial charge on any atom is -0.325 e. The van der Waals surface area contributed by atoms with Crippen LogP contribution in [0.3, 0.4) is 0 Å². The Morgan fingerprint density at radius 2 is 2.29 bits per heavy atom. The fourth-order valence-electron chi connectivity index (χ4n) is 2.19. The van der Waals surface area contributed by atoms with Gasteiger partial charge in [0.2, 0.25) is 5.91 Å². The summed E-state index contributed by atoms with van der Waals surface area (Å²) in [6.45, 7) is 3.03. The summed E-state index contributed by atoms with van der Waals surface area (Å²) in [4.78, 5) is 14.2. The van der Waals surface area contributed by atoms with E-state index in [1.54, 1.807) is 0 Å². The summed E-state index contributed by atoms with van der Waals surface area (Å²) in [7, 11) is 2.00. The molecule has 17 heavy (non-hydrogen) atoms. The van der Waals surface area contributed by atoms with Crippen molar-refractivity contribution in [3.05, 3.63) is 28.2 Å². The van der Waals surface area contributed by atoms with Gasteiger partial charge in [0.25, 0.3) is 0 Å². The number of hydrogen-bond donors (Lipinski definition) is 1. The zero-order valence-corrected chi connectivity index (χ0v) is 11.8. The molecule has 1 amide bonds. The van der Waals surface area contributed by atoms with Gasteiger partial charge >= 0.3 is 0 Å². The molecule has 0 aliphatic carbocycles. The number of anilines is 1. The average molecular weight is 297 g/mol. The molecular weight excluding hydrogens is 280 g/mol. The molecule has 1 saturated heterocycles. The lowest BCUT2D eigenvalue weighted by atomic mass is 10.2. The smallest absolute Gasteiger partial charge is 0.241 e. The molecule has 0 aromatic heterocycles. The number of aryl methyl sites for hydroxylation is 1. The van der Waals surface area contributed by atoms with Gasteiger partial charge in [-0.05, 0) is 57.1 Å². The highest BCUT2D eigenvalue weighted by Gasteiger charge is 2.27. The van der Waals surface area contributed by atoms with Crippen LogP contribution in [-0.4, -0.2) is 30.4 Å². The Morgan fingerprint density at radius 3 is 2.88 bits per heavy atom. The fourth-order valence-corrected chi connectivity index (χ4v) is 2.44. The number of hydrogen-bond acceptors (Lipinski definition) is 2. The SMILES string of the molecule is Cc1cc(NC(=O)C2CCCN2C)ccc1Br. The van der Waals surface area contributed by atoms with Crippen LogP contribution in [0.15, 0.2) is 22.7 Å². The van der Waals surface area contributed by atoms with Crippen LogP contribution < -0.4 is 5.32 Å². The lowest BCUT2D eigenvalue weighted by Crippen LogP contribution is -2.37. The Hall–Kier alpha value is -0.870. The monoisotopic (exact) mass is 296 g/mol. The van der Waals surface area contributed by atoms with Gasteiger partial charge in [-0.15, -0.1) is 0 Å². The maximum atomic E-state index is 12.1. The Bertz CT molecular complexity index is 433. The quantitative estimate of drug-likeness (QED) is 0.910. The van der Waals surface area contributed by atoms with Crippen molar-refractivity contribution in [2.75, 3.05) is 18.9 Å². The molecular formula is C13H17BrN2O. The van der Waals surface area contributed by atoms with E-state index in [4.69, 9.17) is 0 Å². The van der Waals surface area contributed by atoms with Crippen molar-refractivity contribution in [1.29, 1.82) is 0 Å². The third-order valence-corrected chi connectivity index (χ3v) is 4.14. The second kappa shape index (κ2) is 5.19. The first-order valence-corrected chi connectivity index (χ1v) is 6.64. The van der Waals surface area contributed by atoms with Crippen LogP contribution in [0.25, 0.3) is 0 Å².